The molecular weight excluding hydrogens is 228 g/mol. The molecule has 94 valence electrons. The molecule has 5 heteroatoms. The fraction of sp³-hybridized carbons (Fsp3) is 0.231. The van der Waals surface area contributed by atoms with Gasteiger partial charge in [0, 0.05) is 24.7 Å². The highest BCUT2D eigenvalue weighted by molar-refractivity contribution is 5.56. The normalized spacial score (nSPS) is 10.3. The summed E-state index contributed by atoms with van der Waals surface area (Å²) in [5.41, 5.74) is 7.33. The Morgan fingerprint density at radius 1 is 1.39 bits per heavy atom. The molecule has 4 N–H and O–H groups in total. The van der Waals surface area contributed by atoms with Crippen molar-refractivity contribution in [1.82, 2.24) is 9.97 Å². The molecule has 0 spiro atoms. The second kappa shape index (κ2) is 5.46. The fourth-order valence-electron chi connectivity index (χ4n) is 1.66. The van der Waals surface area contributed by atoms with Gasteiger partial charge in [-0.1, -0.05) is 19.1 Å². The van der Waals surface area contributed by atoms with Gasteiger partial charge >= 0.3 is 0 Å². The van der Waals surface area contributed by atoms with Crippen LogP contribution in [-0.4, -0.2) is 9.97 Å². The molecule has 1 aromatic heterocycles. The lowest BCUT2D eigenvalue weighted by Gasteiger charge is -2.07. The molecule has 0 saturated carbocycles. The van der Waals surface area contributed by atoms with Crippen LogP contribution in [0, 0.1) is 0 Å². The van der Waals surface area contributed by atoms with Crippen LogP contribution in [0.3, 0.4) is 0 Å². The molecule has 0 unspecified atom stereocenters. The SMILES string of the molecule is CCc1nc(Nc2cccc(CN)c2)cc(=O)[nH]1. The first-order valence-corrected chi connectivity index (χ1v) is 5.87. The maximum atomic E-state index is 11.4. The molecule has 0 bridgehead atoms. The molecule has 0 saturated heterocycles. The summed E-state index contributed by atoms with van der Waals surface area (Å²) in [7, 11) is 0. The molecule has 0 radical (unpaired) electrons. The van der Waals surface area contributed by atoms with Crippen LogP contribution in [0.5, 0.6) is 0 Å². The molecule has 0 aliphatic rings. The van der Waals surface area contributed by atoms with Gasteiger partial charge in [0.1, 0.15) is 11.6 Å². The predicted octanol–water partition coefficient (Wildman–Crippen LogP) is 1.53. The van der Waals surface area contributed by atoms with Crippen molar-refractivity contribution in [3.63, 3.8) is 0 Å². The Bertz CT molecular complexity index is 592. The molecule has 0 fully saturated rings. The van der Waals surface area contributed by atoms with Crippen molar-refractivity contribution < 1.29 is 0 Å². The van der Waals surface area contributed by atoms with E-state index in [2.05, 4.69) is 15.3 Å². The highest BCUT2D eigenvalue weighted by Crippen LogP contribution is 2.14. The maximum absolute atomic E-state index is 11.4. The Morgan fingerprint density at radius 2 is 2.22 bits per heavy atom. The monoisotopic (exact) mass is 244 g/mol. The number of benzene rings is 1. The van der Waals surface area contributed by atoms with Crippen molar-refractivity contribution in [1.29, 1.82) is 0 Å². The third-order valence-corrected chi connectivity index (χ3v) is 2.56. The maximum Gasteiger partial charge on any atom is 0.252 e. The van der Waals surface area contributed by atoms with E-state index in [1.165, 1.54) is 6.07 Å². The number of hydrogen-bond donors (Lipinski definition) is 3. The molecule has 1 aromatic carbocycles. The zero-order valence-corrected chi connectivity index (χ0v) is 10.2. The number of H-pyrrole nitrogens is 1. The lowest BCUT2D eigenvalue weighted by atomic mass is 10.2. The van der Waals surface area contributed by atoms with Gasteiger partial charge in [0.25, 0.3) is 5.56 Å². The van der Waals surface area contributed by atoms with E-state index in [0.29, 0.717) is 24.6 Å². The van der Waals surface area contributed by atoms with Gasteiger partial charge in [-0.3, -0.25) is 4.79 Å². The second-order valence-electron chi connectivity index (χ2n) is 3.96. The van der Waals surface area contributed by atoms with E-state index in [4.69, 9.17) is 5.73 Å². The van der Waals surface area contributed by atoms with Gasteiger partial charge in [-0.15, -0.1) is 0 Å². The Balaban J connectivity index is 2.27. The Morgan fingerprint density at radius 3 is 2.94 bits per heavy atom. The van der Waals surface area contributed by atoms with Gasteiger partial charge in [-0.25, -0.2) is 4.98 Å². The Hall–Kier alpha value is -2.14. The van der Waals surface area contributed by atoms with E-state index in [9.17, 15) is 4.79 Å². The zero-order chi connectivity index (χ0) is 13.0. The van der Waals surface area contributed by atoms with Crippen LogP contribution in [-0.2, 0) is 13.0 Å². The number of aryl methyl sites for hydroxylation is 1. The van der Waals surface area contributed by atoms with Gasteiger partial charge in [-0.05, 0) is 17.7 Å². The van der Waals surface area contributed by atoms with E-state index in [0.717, 1.165) is 11.3 Å². The standard InChI is InChI=1S/C13H16N4O/c1-2-11-16-12(7-13(18)17-11)15-10-5-3-4-9(6-10)8-14/h3-7H,2,8,14H2,1H3,(H2,15,16,17,18). The molecule has 0 amide bonds. The van der Waals surface area contributed by atoms with Crippen LogP contribution in [0.2, 0.25) is 0 Å². The average Bonchev–Trinajstić information content (AvgIpc) is 2.38. The summed E-state index contributed by atoms with van der Waals surface area (Å²) in [6.45, 7) is 2.43. The summed E-state index contributed by atoms with van der Waals surface area (Å²) in [6.07, 6.45) is 0.688. The Kier molecular flexibility index (Phi) is 3.74. The minimum atomic E-state index is -0.153. The first kappa shape index (κ1) is 12.3. The molecule has 18 heavy (non-hydrogen) atoms. The molecule has 5 nitrogen and oxygen atoms in total. The summed E-state index contributed by atoms with van der Waals surface area (Å²) in [6, 6.07) is 9.16. The molecule has 0 atom stereocenters. The lowest BCUT2D eigenvalue weighted by Crippen LogP contribution is -2.11. The molecular formula is C13H16N4O. The van der Waals surface area contributed by atoms with Crippen LogP contribution in [0.1, 0.15) is 18.3 Å². The average molecular weight is 244 g/mol. The number of aromatic nitrogens is 2. The van der Waals surface area contributed by atoms with Crippen molar-refractivity contribution in [3.05, 3.63) is 52.1 Å². The van der Waals surface area contributed by atoms with E-state index in [1.807, 2.05) is 31.2 Å². The molecule has 1 heterocycles. The number of hydrogen-bond acceptors (Lipinski definition) is 4. The van der Waals surface area contributed by atoms with Gasteiger partial charge in [0.05, 0.1) is 0 Å². The number of nitrogens with two attached hydrogens (primary N) is 1. The van der Waals surface area contributed by atoms with Crippen LogP contribution >= 0.6 is 0 Å². The highest BCUT2D eigenvalue weighted by atomic mass is 16.1. The van der Waals surface area contributed by atoms with Crippen LogP contribution in [0.25, 0.3) is 0 Å². The third-order valence-electron chi connectivity index (χ3n) is 2.56. The van der Waals surface area contributed by atoms with Crippen LogP contribution in [0.4, 0.5) is 11.5 Å². The zero-order valence-electron chi connectivity index (χ0n) is 10.2. The minimum absolute atomic E-state index is 0.153. The van der Waals surface area contributed by atoms with Crippen molar-refractivity contribution in [2.45, 2.75) is 19.9 Å². The first-order chi connectivity index (χ1) is 8.71. The van der Waals surface area contributed by atoms with E-state index < -0.39 is 0 Å². The third kappa shape index (κ3) is 2.95. The van der Waals surface area contributed by atoms with Crippen LogP contribution in [0.15, 0.2) is 35.1 Å². The molecule has 0 aliphatic heterocycles. The van der Waals surface area contributed by atoms with Crippen molar-refractivity contribution in [2.24, 2.45) is 5.73 Å². The molecule has 0 aliphatic carbocycles. The van der Waals surface area contributed by atoms with Crippen molar-refractivity contribution in [3.8, 4) is 0 Å². The Labute approximate surface area is 105 Å². The fourth-order valence-corrected chi connectivity index (χ4v) is 1.66. The summed E-state index contributed by atoms with van der Waals surface area (Å²) in [5, 5.41) is 3.11. The predicted molar refractivity (Wildman–Crippen MR) is 71.9 cm³/mol. The highest BCUT2D eigenvalue weighted by Gasteiger charge is 2.01. The number of anilines is 2. The van der Waals surface area contributed by atoms with E-state index in [-0.39, 0.29) is 5.56 Å². The van der Waals surface area contributed by atoms with Gasteiger partial charge in [-0.2, -0.15) is 0 Å². The summed E-state index contributed by atoms with van der Waals surface area (Å²) in [4.78, 5) is 18.4. The smallest absolute Gasteiger partial charge is 0.252 e. The first-order valence-electron chi connectivity index (χ1n) is 5.87. The summed E-state index contributed by atoms with van der Waals surface area (Å²) >= 11 is 0. The summed E-state index contributed by atoms with van der Waals surface area (Å²) in [5.74, 6) is 1.21. The quantitative estimate of drug-likeness (QED) is 0.761. The van der Waals surface area contributed by atoms with E-state index in [1.54, 1.807) is 0 Å². The number of nitrogens with one attached hydrogen (secondary N) is 2. The van der Waals surface area contributed by atoms with Crippen LogP contribution < -0.4 is 16.6 Å². The van der Waals surface area contributed by atoms with Crippen molar-refractivity contribution >= 4 is 11.5 Å². The van der Waals surface area contributed by atoms with Gasteiger partial charge < -0.3 is 16.0 Å². The minimum Gasteiger partial charge on any atom is -0.340 e. The number of aromatic amines is 1. The number of nitrogens with zero attached hydrogens (tertiary/aromatic N) is 1. The van der Waals surface area contributed by atoms with Crippen molar-refractivity contribution in [2.75, 3.05) is 5.32 Å². The summed E-state index contributed by atoms with van der Waals surface area (Å²) < 4.78 is 0. The molecule has 2 rings (SSSR count). The topological polar surface area (TPSA) is 83.8 Å². The van der Waals surface area contributed by atoms with E-state index >= 15 is 0 Å². The van der Waals surface area contributed by atoms with Gasteiger partial charge in [0.2, 0.25) is 0 Å². The molecule has 2 aromatic rings. The van der Waals surface area contributed by atoms with Gasteiger partial charge in [0.15, 0.2) is 0 Å². The second-order valence-corrected chi connectivity index (χ2v) is 3.96. The number of rotatable bonds is 4. The largest absolute Gasteiger partial charge is 0.340 e. The lowest BCUT2D eigenvalue weighted by molar-refractivity contribution is 0.924.